The predicted octanol–water partition coefficient (Wildman–Crippen LogP) is 3.26. The van der Waals surface area contributed by atoms with E-state index in [0.29, 0.717) is 17.2 Å². The summed E-state index contributed by atoms with van der Waals surface area (Å²) in [6.45, 7) is 4.24. The summed E-state index contributed by atoms with van der Waals surface area (Å²) in [5.41, 5.74) is 0.106. The molecule has 0 atom stereocenters. The molecule has 5 heteroatoms. The first-order valence-electron chi connectivity index (χ1n) is 5.11. The number of benzene rings is 1. The Morgan fingerprint density at radius 3 is 2.65 bits per heavy atom. The van der Waals surface area contributed by atoms with Crippen LogP contribution >= 0.6 is 27.5 Å². The fourth-order valence-electron chi connectivity index (χ4n) is 1.46. The van der Waals surface area contributed by atoms with Crippen LogP contribution in [0.1, 0.15) is 24.2 Å². The van der Waals surface area contributed by atoms with Crippen LogP contribution in [0.15, 0.2) is 22.7 Å². The van der Waals surface area contributed by atoms with Crippen molar-refractivity contribution in [2.45, 2.75) is 19.4 Å². The van der Waals surface area contributed by atoms with Gasteiger partial charge >= 0.3 is 0 Å². The SMILES string of the molecule is COCC(C)(C)NC(=O)c1cc(Cl)cc(Br)c1. The Morgan fingerprint density at radius 1 is 1.47 bits per heavy atom. The molecule has 1 aromatic rings. The number of hydrogen-bond donors (Lipinski definition) is 1. The molecule has 1 aromatic carbocycles. The zero-order valence-electron chi connectivity index (χ0n) is 10.0. The summed E-state index contributed by atoms with van der Waals surface area (Å²) in [4.78, 5) is 12.0. The monoisotopic (exact) mass is 319 g/mol. The van der Waals surface area contributed by atoms with Crippen LogP contribution < -0.4 is 5.32 Å². The van der Waals surface area contributed by atoms with Crippen LogP contribution in [-0.2, 0) is 4.74 Å². The molecule has 0 heterocycles. The molecule has 0 aromatic heterocycles. The third-order valence-electron chi connectivity index (χ3n) is 2.08. The lowest BCUT2D eigenvalue weighted by atomic mass is 10.1. The molecular weight excluding hydrogens is 305 g/mol. The van der Waals surface area contributed by atoms with E-state index in [-0.39, 0.29) is 5.91 Å². The largest absolute Gasteiger partial charge is 0.382 e. The summed E-state index contributed by atoms with van der Waals surface area (Å²) in [7, 11) is 1.60. The highest BCUT2D eigenvalue weighted by Gasteiger charge is 2.21. The van der Waals surface area contributed by atoms with E-state index in [2.05, 4.69) is 21.2 Å². The summed E-state index contributed by atoms with van der Waals surface area (Å²) in [5, 5.41) is 3.41. The van der Waals surface area contributed by atoms with Gasteiger partial charge in [-0.15, -0.1) is 0 Å². The van der Waals surface area contributed by atoms with Crippen LogP contribution in [0.4, 0.5) is 0 Å². The number of ether oxygens (including phenoxy) is 1. The van der Waals surface area contributed by atoms with E-state index in [4.69, 9.17) is 16.3 Å². The standard InChI is InChI=1S/C12H15BrClNO2/c1-12(2,7-17-3)15-11(16)8-4-9(13)6-10(14)5-8/h4-6H,7H2,1-3H3,(H,15,16). The fraction of sp³-hybridized carbons (Fsp3) is 0.417. The molecule has 1 amide bonds. The second kappa shape index (κ2) is 5.85. The highest BCUT2D eigenvalue weighted by molar-refractivity contribution is 9.10. The zero-order valence-corrected chi connectivity index (χ0v) is 12.4. The smallest absolute Gasteiger partial charge is 0.251 e. The summed E-state index contributed by atoms with van der Waals surface area (Å²) in [6, 6.07) is 5.09. The molecule has 94 valence electrons. The van der Waals surface area contributed by atoms with Crippen LogP contribution in [0.3, 0.4) is 0 Å². The maximum Gasteiger partial charge on any atom is 0.251 e. The Balaban J connectivity index is 2.83. The second-order valence-corrected chi connectivity index (χ2v) is 5.78. The van der Waals surface area contributed by atoms with E-state index in [1.807, 2.05) is 13.8 Å². The van der Waals surface area contributed by atoms with Gasteiger partial charge in [0.05, 0.1) is 12.1 Å². The lowest BCUT2D eigenvalue weighted by molar-refractivity contribution is 0.0820. The van der Waals surface area contributed by atoms with Crippen LogP contribution in [0.25, 0.3) is 0 Å². The second-order valence-electron chi connectivity index (χ2n) is 4.43. The third-order valence-corrected chi connectivity index (χ3v) is 2.76. The van der Waals surface area contributed by atoms with E-state index in [1.54, 1.807) is 25.3 Å². The number of carbonyl (C=O) groups is 1. The quantitative estimate of drug-likeness (QED) is 0.925. The number of halogens is 2. The molecule has 17 heavy (non-hydrogen) atoms. The van der Waals surface area contributed by atoms with E-state index >= 15 is 0 Å². The van der Waals surface area contributed by atoms with Crippen LogP contribution in [0.2, 0.25) is 5.02 Å². The molecule has 0 aliphatic heterocycles. The van der Waals surface area contributed by atoms with Gasteiger partial charge in [0, 0.05) is 22.2 Å². The van der Waals surface area contributed by atoms with Crippen molar-refractivity contribution in [3.05, 3.63) is 33.3 Å². The van der Waals surface area contributed by atoms with Crippen LogP contribution in [-0.4, -0.2) is 25.2 Å². The van der Waals surface area contributed by atoms with Crippen molar-refractivity contribution in [3.8, 4) is 0 Å². The van der Waals surface area contributed by atoms with Gasteiger partial charge in [-0.1, -0.05) is 27.5 Å². The summed E-state index contributed by atoms with van der Waals surface area (Å²) >= 11 is 9.19. The molecule has 3 nitrogen and oxygen atoms in total. The molecule has 0 fully saturated rings. The molecular formula is C12H15BrClNO2. The first-order valence-corrected chi connectivity index (χ1v) is 6.29. The van der Waals surface area contributed by atoms with Crippen molar-refractivity contribution in [3.63, 3.8) is 0 Å². The van der Waals surface area contributed by atoms with Gasteiger partial charge in [0.25, 0.3) is 5.91 Å². The van der Waals surface area contributed by atoms with Crippen molar-refractivity contribution >= 4 is 33.4 Å². The van der Waals surface area contributed by atoms with E-state index in [9.17, 15) is 4.79 Å². The molecule has 0 spiro atoms. The lowest BCUT2D eigenvalue weighted by Crippen LogP contribution is -2.46. The highest BCUT2D eigenvalue weighted by atomic mass is 79.9. The van der Waals surface area contributed by atoms with E-state index in [0.717, 1.165) is 4.47 Å². The number of hydrogen-bond acceptors (Lipinski definition) is 2. The van der Waals surface area contributed by atoms with Crippen molar-refractivity contribution in [2.24, 2.45) is 0 Å². The van der Waals surface area contributed by atoms with Gasteiger partial charge in [0.1, 0.15) is 0 Å². The Bertz CT molecular complexity index is 401. The molecule has 0 aliphatic carbocycles. The number of methoxy groups -OCH3 is 1. The topological polar surface area (TPSA) is 38.3 Å². The average molecular weight is 321 g/mol. The van der Waals surface area contributed by atoms with E-state index < -0.39 is 5.54 Å². The first kappa shape index (κ1) is 14.5. The fourth-order valence-corrected chi connectivity index (χ4v) is 2.32. The highest BCUT2D eigenvalue weighted by Crippen LogP contribution is 2.20. The van der Waals surface area contributed by atoms with Crippen molar-refractivity contribution < 1.29 is 9.53 Å². The molecule has 0 aliphatic rings. The normalized spacial score (nSPS) is 11.4. The molecule has 1 N–H and O–H groups in total. The Hall–Kier alpha value is -0.580. The molecule has 0 saturated carbocycles. The molecule has 0 radical (unpaired) electrons. The Labute approximate surface area is 115 Å². The predicted molar refractivity (Wildman–Crippen MR) is 72.6 cm³/mol. The first-order chi connectivity index (χ1) is 7.84. The van der Waals surface area contributed by atoms with Gasteiger partial charge in [-0.05, 0) is 32.0 Å². The van der Waals surface area contributed by atoms with Crippen molar-refractivity contribution in [1.29, 1.82) is 0 Å². The summed E-state index contributed by atoms with van der Waals surface area (Å²) < 4.78 is 5.82. The number of nitrogens with one attached hydrogen (secondary N) is 1. The minimum absolute atomic E-state index is 0.171. The summed E-state index contributed by atoms with van der Waals surface area (Å²) in [5.74, 6) is -0.171. The minimum Gasteiger partial charge on any atom is -0.382 e. The molecule has 0 saturated heterocycles. The van der Waals surface area contributed by atoms with Gasteiger partial charge < -0.3 is 10.1 Å². The van der Waals surface area contributed by atoms with Crippen LogP contribution in [0, 0.1) is 0 Å². The number of carbonyl (C=O) groups excluding carboxylic acids is 1. The lowest BCUT2D eigenvalue weighted by Gasteiger charge is -2.25. The van der Waals surface area contributed by atoms with Gasteiger partial charge in [-0.25, -0.2) is 0 Å². The van der Waals surface area contributed by atoms with Crippen molar-refractivity contribution in [1.82, 2.24) is 5.32 Å². The molecule has 0 unspecified atom stereocenters. The number of rotatable bonds is 4. The van der Waals surface area contributed by atoms with Gasteiger partial charge in [0.2, 0.25) is 0 Å². The van der Waals surface area contributed by atoms with Gasteiger partial charge in [-0.2, -0.15) is 0 Å². The average Bonchev–Trinajstić information content (AvgIpc) is 2.14. The Morgan fingerprint density at radius 2 is 2.12 bits per heavy atom. The van der Waals surface area contributed by atoms with E-state index in [1.165, 1.54) is 0 Å². The summed E-state index contributed by atoms with van der Waals surface area (Å²) in [6.07, 6.45) is 0. The third kappa shape index (κ3) is 4.66. The Kier molecular flexibility index (Phi) is 4.98. The number of amides is 1. The van der Waals surface area contributed by atoms with Gasteiger partial charge in [0.15, 0.2) is 0 Å². The molecule has 0 bridgehead atoms. The minimum atomic E-state index is -0.416. The van der Waals surface area contributed by atoms with Crippen LogP contribution in [0.5, 0.6) is 0 Å². The van der Waals surface area contributed by atoms with Gasteiger partial charge in [-0.3, -0.25) is 4.79 Å². The maximum absolute atomic E-state index is 12.0. The maximum atomic E-state index is 12.0. The zero-order chi connectivity index (χ0) is 13.1. The molecule has 1 rings (SSSR count). The van der Waals surface area contributed by atoms with Crippen molar-refractivity contribution in [2.75, 3.05) is 13.7 Å².